The number of hydrogen-bond acceptors (Lipinski definition) is 7. The third-order valence-corrected chi connectivity index (χ3v) is 8.60. The number of rotatable bonds is 5. The maximum absolute atomic E-state index is 14.7. The van der Waals surface area contributed by atoms with Crippen molar-refractivity contribution in [1.82, 2.24) is 24.8 Å². The minimum absolute atomic E-state index is 0.307. The van der Waals surface area contributed by atoms with Crippen molar-refractivity contribution in [3.63, 3.8) is 0 Å². The number of hydrogen-bond donors (Lipinski definition) is 1. The number of carbonyl (C=O) groups is 2. The number of carbonyl (C=O) groups excluding carboxylic acids is 2. The van der Waals surface area contributed by atoms with Gasteiger partial charge in [0.25, 0.3) is 11.8 Å². The molecule has 1 N–H and O–H groups in total. The average Bonchev–Trinajstić information content (AvgIpc) is 3.39. The second-order valence-electron chi connectivity index (χ2n) is 11.8. The van der Waals surface area contributed by atoms with E-state index in [-0.39, 0.29) is 17.6 Å². The van der Waals surface area contributed by atoms with Crippen LogP contribution < -0.4 is 0 Å². The van der Waals surface area contributed by atoms with Crippen molar-refractivity contribution in [2.24, 2.45) is 0 Å². The Kier molecular flexibility index (Phi) is 8.61. The quantitative estimate of drug-likeness (QED) is 0.184. The van der Waals surface area contributed by atoms with E-state index in [0.29, 0.717) is 66.8 Å². The molecular formula is C40H29F2N5O3. The maximum Gasteiger partial charge on any atom is 0.262 e. The predicted molar refractivity (Wildman–Crippen MR) is 186 cm³/mol. The summed E-state index contributed by atoms with van der Waals surface area (Å²) in [5.41, 5.74) is 5.97. The number of nitrogens with zero attached hydrogens (tertiary/aromatic N) is 5. The van der Waals surface area contributed by atoms with E-state index < -0.39 is 18.0 Å². The summed E-state index contributed by atoms with van der Waals surface area (Å²) in [6.07, 6.45) is 2.56. The van der Waals surface area contributed by atoms with Gasteiger partial charge in [-0.1, -0.05) is 36.4 Å². The highest BCUT2D eigenvalue weighted by Crippen LogP contribution is 2.37. The molecule has 0 bridgehead atoms. The van der Waals surface area contributed by atoms with Crippen molar-refractivity contribution < 1.29 is 23.5 Å². The fourth-order valence-electron chi connectivity index (χ4n) is 6.10. The van der Waals surface area contributed by atoms with Crippen molar-refractivity contribution in [2.45, 2.75) is 26.0 Å². The van der Waals surface area contributed by atoms with Crippen LogP contribution in [0.15, 0.2) is 122 Å². The lowest BCUT2D eigenvalue weighted by Gasteiger charge is -2.25. The van der Waals surface area contributed by atoms with Gasteiger partial charge in [0.2, 0.25) is 0 Å². The van der Waals surface area contributed by atoms with Crippen LogP contribution in [0.3, 0.4) is 0 Å². The molecule has 8 rings (SSSR count). The van der Waals surface area contributed by atoms with Gasteiger partial charge in [0.05, 0.1) is 56.7 Å². The highest BCUT2D eigenvalue weighted by atomic mass is 19.1. The third kappa shape index (κ3) is 5.86. The topological polar surface area (TPSA) is 109 Å². The van der Waals surface area contributed by atoms with Gasteiger partial charge < -0.3 is 5.11 Å². The molecule has 1 aliphatic heterocycles. The Balaban J connectivity index is 0.000000170. The molecule has 4 aromatic heterocycles. The molecule has 0 fully saturated rings. The SMILES string of the molecule is CC(O)c1cc2ncccc2nc1-c1ccccc1F.CC(c1cc2ncccc2nc1-c1ccccc1F)N1C(=O)c2ccccc2C1=O. The van der Waals surface area contributed by atoms with Gasteiger partial charge in [-0.2, -0.15) is 0 Å². The van der Waals surface area contributed by atoms with Gasteiger partial charge >= 0.3 is 0 Å². The molecule has 7 aromatic rings. The summed E-state index contributed by atoms with van der Waals surface area (Å²) in [6, 6.07) is 29.5. The molecular weight excluding hydrogens is 636 g/mol. The Hall–Kier alpha value is -6.26. The van der Waals surface area contributed by atoms with E-state index in [1.807, 2.05) is 6.07 Å². The molecule has 2 unspecified atom stereocenters. The fraction of sp³-hybridized carbons (Fsp3) is 0.100. The fourth-order valence-corrected chi connectivity index (χ4v) is 6.10. The van der Waals surface area contributed by atoms with Gasteiger partial charge in [0.1, 0.15) is 11.6 Å². The number of imide groups is 1. The number of aliphatic hydroxyl groups is 1. The zero-order chi connectivity index (χ0) is 34.9. The first-order chi connectivity index (χ1) is 24.2. The highest BCUT2D eigenvalue weighted by Gasteiger charge is 2.39. The molecule has 2 amide bonds. The van der Waals surface area contributed by atoms with Crippen molar-refractivity contribution in [1.29, 1.82) is 0 Å². The maximum atomic E-state index is 14.7. The first-order valence-electron chi connectivity index (χ1n) is 15.9. The van der Waals surface area contributed by atoms with Gasteiger partial charge in [-0.3, -0.25) is 24.5 Å². The van der Waals surface area contributed by atoms with Gasteiger partial charge in [-0.05, 0) is 86.6 Å². The molecule has 0 saturated heterocycles. The average molecular weight is 666 g/mol. The van der Waals surface area contributed by atoms with Crippen LogP contribution in [-0.2, 0) is 0 Å². The van der Waals surface area contributed by atoms with Crippen molar-refractivity contribution in [2.75, 3.05) is 0 Å². The first kappa shape index (κ1) is 32.3. The standard InChI is InChI=1S/C24H16FN3O2.C16H13FN2O/c1-14(28-23(29)15-7-2-3-8-16(15)24(28)30)18-13-21-20(11-6-12-26-21)27-22(18)17-9-4-5-10-19(17)25;1-10(20)12-9-15-14(7-4-8-18-15)19-16(12)11-5-2-3-6-13(11)17/h2-14H,1H3;2-10,20H,1H3. The normalized spacial score (nSPS) is 13.6. The Morgan fingerprint density at radius 2 is 0.980 bits per heavy atom. The zero-order valence-electron chi connectivity index (χ0n) is 27.0. The number of halogens is 2. The van der Waals surface area contributed by atoms with E-state index >= 15 is 0 Å². The number of aromatic nitrogens is 4. The number of amides is 2. The van der Waals surface area contributed by atoms with Gasteiger partial charge in [0, 0.05) is 34.6 Å². The predicted octanol–water partition coefficient (Wildman–Crippen LogP) is 8.28. The minimum atomic E-state index is -0.747. The van der Waals surface area contributed by atoms with Crippen molar-refractivity contribution in [3.05, 3.63) is 155 Å². The van der Waals surface area contributed by atoms with Crippen molar-refractivity contribution >= 4 is 33.9 Å². The van der Waals surface area contributed by atoms with Crippen LogP contribution in [0.2, 0.25) is 0 Å². The number of benzene rings is 3. The zero-order valence-corrected chi connectivity index (χ0v) is 27.0. The van der Waals surface area contributed by atoms with E-state index in [4.69, 9.17) is 0 Å². The number of fused-ring (bicyclic) bond motifs is 3. The summed E-state index contributed by atoms with van der Waals surface area (Å²) in [4.78, 5) is 44.9. The second-order valence-corrected chi connectivity index (χ2v) is 11.8. The summed E-state index contributed by atoms with van der Waals surface area (Å²) >= 11 is 0. The smallest absolute Gasteiger partial charge is 0.262 e. The Morgan fingerprint density at radius 3 is 1.44 bits per heavy atom. The molecule has 1 aliphatic rings. The van der Waals surface area contributed by atoms with E-state index in [0.717, 1.165) is 0 Å². The van der Waals surface area contributed by atoms with Crippen LogP contribution in [0.4, 0.5) is 8.78 Å². The summed E-state index contributed by atoms with van der Waals surface area (Å²) in [5, 5.41) is 9.93. The molecule has 5 heterocycles. The summed E-state index contributed by atoms with van der Waals surface area (Å²) in [5.74, 6) is -1.53. The van der Waals surface area contributed by atoms with Crippen LogP contribution in [0, 0.1) is 11.6 Å². The van der Waals surface area contributed by atoms with E-state index in [2.05, 4.69) is 19.9 Å². The lowest BCUT2D eigenvalue weighted by atomic mass is 9.98. The van der Waals surface area contributed by atoms with E-state index in [9.17, 15) is 23.5 Å². The third-order valence-electron chi connectivity index (χ3n) is 8.60. The molecule has 50 heavy (non-hydrogen) atoms. The molecule has 10 heteroatoms. The summed E-state index contributed by atoms with van der Waals surface area (Å²) in [6.45, 7) is 3.38. The summed E-state index contributed by atoms with van der Waals surface area (Å²) in [7, 11) is 0. The lowest BCUT2D eigenvalue weighted by molar-refractivity contribution is 0.0595. The number of aliphatic hydroxyl groups excluding tert-OH is 1. The molecule has 0 radical (unpaired) electrons. The molecule has 8 nitrogen and oxygen atoms in total. The van der Waals surface area contributed by atoms with Crippen LogP contribution in [-0.4, -0.2) is 41.8 Å². The Bertz CT molecular complexity index is 2400. The van der Waals surface area contributed by atoms with E-state index in [1.54, 1.807) is 117 Å². The summed E-state index contributed by atoms with van der Waals surface area (Å²) < 4.78 is 28.6. The van der Waals surface area contributed by atoms with Crippen molar-refractivity contribution in [3.8, 4) is 22.5 Å². The molecule has 0 saturated carbocycles. The van der Waals surface area contributed by atoms with Crippen LogP contribution >= 0.6 is 0 Å². The Labute approximate surface area is 285 Å². The first-order valence-corrected chi connectivity index (χ1v) is 15.9. The lowest BCUT2D eigenvalue weighted by Crippen LogP contribution is -2.33. The van der Waals surface area contributed by atoms with Gasteiger partial charge in [-0.25, -0.2) is 18.7 Å². The highest BCUT2D eigenvalue weighted by molar-refractivity contribution is 6.21. The second kappa shape index (κ2) is 13.3. The van der Waals surface area contributed by atoms with Gasteiger partial charge in [0.15, 0.2) is 0 Å². The van der Waals surface area contributed by atoms with E-state index in [1.165, 1.54) is 17.0 Å². The molecule has 3 aromatic carbocycles. The van der Waals surface area contributed by atoms with Crippen LogP contribution in [0.5, 0.6) is 0 Å². The molecule has 2 atom stereocenters. The molecule has 0 aliphatic carbocycles. The van der Waals surface area contributed by atoms with Crippen LogP contribution in [0.25, 0.3) is 44.6 Å². The Morgan fingerprint density at radius 1 is 0.560 bits per heavy atom. The molecule has 246 valence electrons. The van der Waals surface area contributed by atoms with Gasteiger partial charge in [-0.15, -0.1) is 0 Å². The number of pyridine rings is 4. The largest absolute Gasteiger partial charge is 0.389 e. The molecule has 0 spiro atoms. The van der Waals surface area contributed by atoms with Crippen LogP contribution in [0.1, 0.15) is 57.8 Å². The monoisotopic (exact) mass is 665 g/mol. The minimum Gasteiger partial charge on any atom is -0.389 e.